The lowest BCUT2D eigenvalue weighted by atomic mass is 9.88. The van der Waals surface area contributed by atoms with E-state index in [9.17, 15) is 14.0 Å². The van der Waals surface area contributed by atoms with Gasteiger partial charge in [0.15, 0.2) is 11.6 Å². The maximum Gasteiger partial charge on any atom is 0.270 e. The SMILES string of the molecule is COc1cc(CNC(=O)c2cc(-c3cn(CC4CCC(=NC(C)=O)CC4)nn3)nc(C)n2)ccc1F. The molecular weight excluding hydrogens is 465 g/mol. The number of hydrogen-bond acceptors (Lipinski definition) is 7. The van der Waals surface area contributed by atoms with Crippen LogP contribution in [0.5, 0.6) is 5.75 Å². The fraction of sp³-hybridized carbons (Fsp3) is 0.400. The molecule has 0 saturated heterocycles. The van der Waals surface area contributed by atoms with Crippen molar-refractivity contribution >= 4 is 17.5 Å². The second kappa shape index (κ2) is 11.1. The number of aliphatic imine (C=N–C) groups is 1. The van der Waals surface area contributed by atoms with Crippen LogP contribution in [0, 0.1) is 18.7 Å². The molecule has 2 aromatic heterocycles. The lowest BCUT2D eigenvalue weighted by Gasteiger charge is -2.22. The maximum atomic E-state index is 13.6. The number of carbonyl (C=O) groups is 2. The Labute approximate surface area is 208 Å². The van der Waals surface area contributed by atoms with E-state index in [0.717, 1.165) is 31.4 Å². The average molecular weight is 494 g/mol. The molecule has 10 nitrogen and oxygen atoms in total. The number of aromatic nitrogens is 5. The van der Waals surface area contributed by atoms with Crippen LogP contribution in [-0.2, 0) is 17.9 Å². The molecular formula is C25H28FN7O3. The molecule has 2 heterocycles. The van der Waals surface area contributed by atoms with Gasteiger partial charge in [0.2, 0.25) is 5.91 Å². The Balaban J connectivity index is 1.40. The normalized spacial score (nSPS) is 15.4. The summed E-state index contributed by atoms with van der Waals surface area (Å²) in [4.78, 5) is 36.7. The van der Waals surface area contributed by atoms with Crippen LogP contribution >= 0.6 is 0 Å². The van der Waals surface area contributed by atoms with Crippen LogP contribution < -0.4 is 10.1 Å². The molecule has 0 unspecified atom stereocenters. The second-order valence-corrected chi connectivity index (χ2v) is 8.80. The molecule has 1 fully saturated rings. The highest BCUT2D eigenvalue weighted by atomic mass is 19.1. The molecule has 11 heteroatoms. The smallest absolute Gasteiger partial charge is 0.270 e. The Morgan fingerprint density at radius 1 is 1.19 bits per heavy atom. The number of nitrogens with one attached hydrogen (secondary N) is 1. The van der Waals surface area contributed by atoms with Gasteiger partial charge in [0.1, 0.15) is 17.2 Å². The minimum Gasteiger partial charge on any atom is -0.494 e. The van der Waals surface area contributed by atoms with E-state index in [1.165, 1.54) is 26.2 Å². The van der Waals surface area contributed by atoms with Gasteiger partial charge in [0.25, 0.3) is 5.91 Å². The van der Waals surface area contributed by atoms with E-state index < -0.39 is 5.82 Å². The van der Waals surface area contributed by atoms with Crippen molar-refractivity contribution in [2.75, 3.05) is 7.11 Å². The number of methoxy groups -OCH3 is 1. The van der Waals surface area contributed by atoms with Gasteiger partial charge in [-0.15, -0.1) is 5.10 Å². The van der Waals surface area contributed by atoms with Crippen molar-refractivity contribution in [1.82, 2.24) is 30.3 Å². The Bertz CT molecular complexity index is 1290. The number of benzene rings is 1. The number of amides is 2. The molecule has 188 valence electrons. The molecule has 36 heavy (non-hydrogen) atoms. The maximum absolute atomic E-state index is 13.6. The van der Waals surface area contributed by atoms with Gasteiger partial charge >= 0.3 is 0 Å². The largest absolute Gasteiger partial charge is 0.494 e. The summed E-state index contributed by atoms with van der Waals surface area (Å²) >= 11 is 0. The summed E-state index contributed by atoms with van der Waals surface area (Å²) in [5.74, 6) is -0.0326. The van der Waals surface area contributed by atoms with Gasteiger partial charge in [-0.3, -0.25) is 14.3 Å². The van der Waals surface area contributed by atoms with Gasteiger partial charge in [-0.1, -0.05) is 11.3 Å². The van der Waals surface area contributed by atoms with Crippen LogP contribution in [0.1, 0.15) is 54.5 Å². The highest BCUT2D eigenvalue weighted by molar-refractivity contribution is 5.95. The van der Waals surface area contributed by atoms with Crippen LogP contribution in [-0.4, -0.2) is 49.6 Å². The van der Waals surface area contributed by atoms with E-state index in [2.05, 4.69) is 30.6 Å². The molecule has 0 bridgehead atoms. The summed E-state index contributed by atoms with van der Waals surface area (Å²) in [5.41, 5.74) is 2.91. The van der Waals surface area contributed by atoms with Crippen LogP contribution in [0.15, 0.2) is 35.5 Å². The minimum atomic E-state index is -0.466. The topological polar surface area (TPSA) is 124 Å². The first kappa shape index (κ1) is 25.1. The lowest BCUT2D eigenvalue weighted by molar-refractivity contribution is -0.115. The Morgan fingerprint density at radius 3 is 2.69 bits per heavy atom. The van der Waals surface area contributed by atoms with Crippen LogP contribution in [0.2, 0.25) is 0 Å². The lowest BCUT2D eigenvalue weighted by Crippen LogP contribution is -2.24. The Morgan fingerprint density at radius 2 is 1.97 bits per heavy atom. The van der Waals surface area contributed by atoms with Crippen molar-refractivity contribution in [3.63, 3.8) is 0 Å². The zero-order valence-corrected chi connectivity index (χ0v) is 20.5. The van der Waals surface area contributed by atoms with Gasteiger partial charge in [-0.05, 0) is 62.3 Å². The highest BCUT2D eigenvalue weighted by Gasteiger charge is 2.20. The molecule has 1 aromatic carbocycles. The predicted octanol–water partition coefficient (Wildman–Crippen LogP) is 3.30. The number of nitrogens with zero attached hydrogens (tertiary/aromatic N) is 6. The van der Waals surface area contributed by atoms with Crippen molar-refractivity contribution in [2.45, 2.75) is 52.6 Å². The van der Waals surface area contributed by atoms with E-state index in [-0.39, 0.29) is 29.8 Å². The summed E-state index contributed by atoms with van der Waals surface area (Å²) in [6.45, 7) is 4.07. The standard InChI is InChI=1S/C25H28FN7O3/c1-15-28-21(11-22(29-15)25(35)27-12-18-6-9-20(26)24(10-18)36-3)23-14-33(32-31-23)13-17-4-7-19(8-5-17)30-16(2)34/h6,9-11,14,17H,4-5,7-8,12-13H2,1-3H3,(H,27,35). The van der Waals surface area contributed by atoms with E-state index in [1.807, 2.05) is 6.20 Å². The zero-order valence-electron chi connectivity index (χ0n) is 20.5. The Kier molecular flexibility index (Phi) is 7.77. The second-order valence-electron chi connectivity index (χ2n) is 8.80. The highest BCUT2D eigenvalue weighted by Crippen LogP contribution is 2.25. The average Bonchev–Trinajstić information content (AvgIpc) is 3.32. The monoisotopic (exact) mass is 493 g/mol. The molecule has 3 aromatic rings. The summed E-state index contributed by atoms with van der Waals surface area (Å²) in [6, 6.07) is 5.99. The third-order valence-electron chi connectivity index (χ3n) is 5.98. The van der Waals surface area contributed by atoms with Gasteiger partial charge in [0, 0.05) is 25.7 Å². The van der Waals surface area contributed by atoms with Crippen molar-refractivity contribution < 1.29 is 18.7 Å². The molecule has 1 aliphatic rings. The number of carbonyl (C=O) groups excluding carboxylic acids is 2. The van der Waals surface area contributed by atoms with Gasteiger partial charge < -0.3 is 10.1 Å². The third kappa shape index (κ3) is 6.35. The summed E-state index contributed by atoms with van der Waals surface area (Å²) < 4.78 is 20.4. The predicted molar refractivity (Wildman–Crippen MR) is 130 cm³/mol. The first-order valence-corrected chi connectivity index (χ1v) is 11.7. The number of halogens is 1. The minimum absolute atomic E-state index is 0.114. The quantitative estimate of drug-likeness (QED) is 0.535. The van der Waals surface area contributed by atoms with Crippen LogP contribution in [0.3, 0.4) is 0 Å². The number of hydrogen-bond donors (Lipinski definition) is 1. The summed E-state index contributed by atoms with van der Waals surface area (Å²) in [5, 5.41) is 11.3. The van der Waals surface area contributed by atoms with Crippen molar-refractivity contribution in [1.29, 1.82) is 0 Å². The number of ether oxygens (including phenoxy) is 1. The fourth-order valence-electron chi connectivity index (χ4n) is 4.20. The van der Waals surface area contributed by atoms with E-state index in [0.29, 0.717) is 35.2 Å². The Hall–Kier alpha value is -4.02. The molecule has 1 aliphatic carbocycles. The van der Waals surface area contributed by atoms with E-state index in [1.54, 1.807) is 23.7 Å². The molecule has 0 atom stereocenters. The fourth-order valence-corrected chi connectivity index (χ4v) is 4.20. The first-order valence-electron chi connectivity index (χ1n) is 11.7. The van der Waals surface area contributed by atoms with Crippen molar-refractivity contribution in [3.05, 3.63) is 53.4 Å². The van der Waals surface area contributed by atoms with Crippen molar-refractivity contribution in [2.24, 2.45) is 10.9 Å². The number of rotatable bonds is 7. The van der Waals surface area contributed by atoms with Gasteiger partial charge in [-0.25, -0.2) is 19.4 Å². The molecule has 0 radical (unpaired) electrons. The molecule has 4 rings (SSSR count). The number of aryl methyl sites for hydroxylation is 1. The first-order chi connectivity index (χ1) is 17.3. The van der Waals surface area contributed by atoms with E-state index in [4.69, 9.17) is 4.74 Å². The summed E-state index contributed by atoms with van der Waals surface area (Å²) in [7, 11) is 1.39. The van der Waals surface area contributed by atoms with Gasteiger partial charge in [-0.2, -0.15) is 0 Å². The van der Waals surface area contributed by atoms with Crippen LogP contribution in [0.4, 0.5) is 4.39 Å². The molecule has 2 amide bonds. The van der Waals surface area contributed by atoms with Crippen molar-refractivity contribution in [3.8, 4) is 17.1 Å². The van der Waals surface area contributed by atoms with E-state index >= 15 is 0 Å². The van der Waals surface area contributed by atoms with Crippen LogP contribution in [0.25, 0.3) is 11.4 Å². The summed E-state index contributed by atoms with van der Waals surface area (Å²) in [6.07, 6.45) is 5.34. The van der Waals surface area contributed by atoms with Gasteiger partial charge in [0.05, 0.1) is 19.0 Å². The third-order valence-corrected chi connectivity index (χ3v) is 5.98. The molecule has 0 spiro atoms. The zero-order chi connectivity index (χ0) is 25.7. The molecule has 0 aliphatic heterocycles. The molecule has 1 N–H and O–H groups in total. The molecule has 1 saturated carbocycles.